The lowest BCUT2D eigenvalue weighted by atomic mass is 9.64. The molecule has 2 saturated carbocycles. The fourth-order valence-corrected chi connectivity index (χ4v) is 5.26. The Balaban J connectivity index is 1.53. The van der Waals surface area contributed by atoms with Crippen molar-refractivity contribution in [2.45, 2.75) is 44.4 Å². The summed E-state index contributed by atoms with van der Waals surface area (Å²) in [4.78, 5) is 0. The van der Waals surface area contributed by atoms with Crippen LogP contribution in [-0.2, 0) is 0 Å². The van der Waals surface area contributed by atoms with Crippen LogP contribution in [0.4, 0.5) is 17.6 Å². The van der Waals surface area contributed by atoms with E-state index in [1.807, 2.05) is 0 Å². The summed E-state index contributed by atoms with van der Waals surface area (Å²) in [7, 11) is 0. The summed E-state index contributed by atoms with van der Waals surface area (Å²) in [5, 5.41) is -0.639. The molecule has 0 spiro atoms. The second-order valence-electron chi connectivity index (χ2n) is 8.70. The van der Waals surface area contributed by atoms with Crippen LogP contribution in [0.3, 0.4) is 0 Å². The molecule has 2 aliphatic rings. The Morgan fingerprint density at radius 1 is 0.806 bits per heavy atom. The monoisotopic (exact) mass is 446 g/mol. The van der Waals surface area contributed by atoms with Gasteiger partial charge in [0.2, 0.25) is 0 Å². The van der Waals surface area contributed by atoms with Crippen LogP contribution >= 0.6 is 11.6 Å². The van der Waals surface area contributed by atoms with Crippen molar-refractivity contribution < 1.29 is 17.6 Å². The van der Waals surface area contributed by atoms with Crippen molar-refractivity contribution in [2.75, 3.05) is 0 Å². The Morgan fingerprint density at radius 3 is 2.06 bits per heavy atom. The van der Waals surface area contributed by atoms with Gasteiger partial charge in [-0.05, 0) is 92.0 Å². The van der Waals surface area contributed by atoms with E-state index in [0.29, 0.717) is 23.3 Å². The summed E-state index contributed by atoms with van der Waals surface area (Å²) in [6, 6.07) is 4.58. The van der Waals surface area contributed by atoms with Crippen LogP contribution < -0.4 is 0 Å². The molecule has 2 fully saturated rings. The average Bonchev–Trinajstić information content (AvgIpc) is 2.75. The van der Waals surface area contributed by atoms with E-state index in [1.165, 1.54) is 18.6 Å². The van der Waals surface area contributed by atoms with E-state index < -0.39 is 33.9 Å². The molecule has 0 saturated heterocycles. The molecule has 0 bridgehead atoms. The van der Waals surface area contributed by atoms with Crippen LogP contribution in [0, 0.1) is 52.9 Å². The van der Waals surface area contributed by atoms with Gasteiger partial charge in [-0.3, -0.25) is 0 Å². The first-order chi connectivity index (χ1) is 14.9. The lowest BCUT2D eigenvalue weighted by Crippen LogP contribution is -2.30. The van der Waals surface area contributed by atoms with Crippen molar-refractivity contribution in [3.63, 3.8) is 0 Å². The van der Waals surface area contributed by atoms with Crippen LogP contribution in [0.2, 0.25) is 5.02 Å². The zero-order valence-corrected chi connectivity index (χ0v) is 17.8. The Kier molecular flexibility index (Phi) is 6.44. The topological polar surface area (TPSA) is 0 Å². The Bertz CT molecular complexity index is 1020. The second kappa shape index (κ2) is 9.09. The Labute approximate surface area is 185 Å². The SMILES string of the molecule is C=CC1CCC2CC(c3cc(F)c(C#Cc4cc(F)c(Cl)c(F)c4)c(F)c3)CCC2C1. The summed E-state index contributed by atoms with van der Waals surface area (Å²) >= 11 is 5.44. The molecule has 4 unspecified atom stereocenters. The number of hydrogen-bond donors (Lipinski definition) is 0. The summed E-state index contributed by atoms with van der Waals surface area (Å²) in [5.41, 5.74) is 0.212. The lowest BCUT2D eigenvalue weighted by Gasteiger charge is -2.41. The third-order valence-corrected chi connectivity index (χ3v) is 7.20. The molecule has 2 aliphatic carbocycles. The molecule has 2 aromatic rings. The van der Waals surface area contributed by atoms with E-state index >= 15 is 0 Å². The molecule has 2 aromatic carbocycles. The third kappa shape index (κ3) is 4.67. The molecule has 4 rings (SSSR count). The van der Waals surface area contributed by atoms with Gasteiger partial charge >= 0.3 is 0 Å². The smallest absolute Gasteiger partial charge is 0.146 e. The standard InChI is InChI=1S/C26H23ClF4/c1-2-15-3-5-18-12-19(7-6-17(18)9-15)20-13-22(28)21(23(29)14-20)8-4-16-10-24(30)26(27)25(31)11-16/h2,10-11,13-15,17-19H,1,3,5-7,9,12H2. The first-order valence-corrected chi connectivity index (χ1v) is 11.0. The second-order valence-corrected chi connectivity index (χ2v) is 9.08. The van der Waals surface area contributed by atoms with Gasteiger partial charge in [0, 0.05) is 5.56 Å². The number of hydrogen-bond acceptors (Lipinski definition) is 0. The van der Waals surface area contributed by atoms with Gasteiger partial charge in [0.1, 0.15) is 28.3 Å². The van der Waals surface area contributed by atoms with Gasteiger partial charge in [0.15, 0.2) is 0 Å². The van der Waals surface area contributed by atoms with Crippen molar-refractivity contribution in [2.24, 2.45) is 17.8 Å². The molecular formula is C26H23ClF4. The van der Waals surface area contributed by atoms with Gasteiger partial charge in [0.25, 0.3) is 0 Å². The van der Waals surface area contributed by atoms with Crippen molar-refractivity contribution in [1.29, 1.82) is 0 Å². The molecule has 0 amide bonds. The van der Waals surface area contributed by atoms with Gasteiger partial charge in [0.05, 0.1) is 5.56 Å². The maximum Gasteiger partial charge on any atom is 0.146 e. The average molecular weight is 447 g/mol. The quantitative estimate of drug-likeness (QED) is 0.191. The normalized spacial score (nSPS) is 25.3. The number of rotatable bonds is 2. The van der Waals surface area contributed by atoms with Crippen LogP contribution in [0.25, 0.3) is 0 Å². The van der Waals surface area contributed by atoms with Crippen LogP contribution in [0.1, 0.15) is 61.1 Å². The molecule has 0 nitrogen and oxygen atoms in total. The van der Waals surface area contributed by atoms with Crippen LogP contribution in [0.15, 0.2) is 36.9 Å². The van der Waals surface area contributed by atoms with Crippen molar-refractivity contribution >= 4 is 11.6 Å². The predicted octanol–water partition coefficient (Wildman–Crippen LogP) is 7.78. The number of fused-ring (bicyclic) bond motifs is 1. The maximum absolute atomic E-state index is 14.7. The van der Waals surface area contributed by atoms with Crippen LogP contribution in [0.5, 0.6) is 0 Å². The molecule has 4 atom stereocenters. The first kappa shape index (κ1) is 22.0. The highest BCUT2D eigenvalue weighted by atomic mass is 35.5. The van der Waals surface area contributed by atoms with E-state index in [-0.39, 0.29) is 11.5 Å². The zero-order valence-electron chi connectivity index (χ0n) is 17.0. The van der Waals surface area contributed by atoms with Gasteiger partial charge in [-0.15, -0.1) is 6.58 Å². The van der Waals surface area contributed by atoms with Crippen molar-refractivity contribution in [1.82, 2.24) is 0 Å². The highest BCUT2D eigenvalue weighted by Crippen LogP contribution is 2.48. The minimum atomic E-state index is -0.972. The minimum absolute atomic E-state index is 0.0456. The molecule has 5 heteroatoms. The zero-order chi connectivity index (χ0) is 22.1. The van der Waals surface area contributed by atoms with Gasteiger partial charge < -0.3 is 0 Å². The molecule has 0 radical (unpaired) electrons. The number of benzene rings is 2. The molecule has 0 N–H and O–H groups in total. The molecule has 31 heavy (non-hydrogen) atoms. The largest absolute Gasteiger partial charge is 0.206 e. The number of allylic oxidation sites excluding steroid dienone is 1. The van der Waals surface area contributed by atoms with E-state index in [2.05, 4.69) is 24.5 Å². The molecule has 0 aliphatic heterocycles. The van der Waals surface area contributed by atoms with Crippen molar-refractivity contribution in [3.05, 3.63) is 81.9 Å². The number of halogens is 5. The van der Waals surface area contributed by atoms with Gasteiger partial charge in [-0.25, -0.2) is 17.6 Å². The molecule has 162 valence electrons. The predicted molar refractivity (Wildman–Crippen MR) is 115 cm³/mol. The summed E-state index contributed by atoms with van der Waals surface area (Å²) in [6.07, 6.45) is 8.43. The highest BCUT2D eigenvalue weighted by molar-refractivity contribution is 6.30. The fourth-order valence-electron chi connectivity index (χ4n) is 5.15. The van der Waals surface area contributed by atoms with E-state index in [1.54, 1.807) is 0 Å². The summed E-state index contributed by atoms with van der Waals surface area (Å²) in [5.74, 6) is 3.33. The lowest BCUT2D eigenvalue weighted by molar-refractivity contribution is 0.133. The van der Waals surface area contributed by atoms with Gasteiger partial charge in [-0.2, -0.15) is 0 Å². The fraction of sp³-hybridized carbons (Fsp3) is 0.385. The van der Waals surface area contributed by atoms with Crippen molar-refractivity contribution in [3.8, 4) is 11.8 Å². The van der Waals surface area contributed by atoms with Gasteiger partial charge in [-0.1, -0.05) is 29.5 Å². The van der Waals surface area contributed by atoms with E-state index in [0.717, 1.165) is 44.2 Å². The first-order valence-electron chi connectivity index (χ1n) is 10.6. The summed E-state index contributed by atoms with van der Waals surface area (Å²) < 4.78 is 56.5. The Hall–Kier alpha value is -2.25. The Morgan fingerprint density at radius 2 is 1.42 bits per heavy atom. The molecular weight excluding hydrogens is 424 g/mol. The highest BCUT2D eigenvalue weighted by Gasteiger charge is 2.35. The van der Waals surface area contributed by atoms with E-state index in [9.17, 15) is 17.6 Å². The summed E-state index contributed by atoms with van der Waals surface area (Å²) in [6.45, 7) is 3.92. The van der Waals surface area contributed by atoms with Crippen LogP contribution in [-0.4, -0.2) is 0 Å². The molecule has 0 aromatic heterocycles. The molecule has 0 heterocycles. The third-order valence-electron chi connectivity index (χ3n) is 6.84. The maximum atomic E-state index is 14.7. The van der Waals surface area contributed by atoms with E-state index in [4.69, 9.17) is 11.6 Å². The minimum Gasteiger partial charge on any atom is -0.206 e.